The third-order valence-corrected chi connectivity index (χ3v) is 4.75. The van der Waals surface area contributed by atoms with Gasteiger partial charge in [0.25, 0.3) is 0 Å². The molecule has 0 fully saturated rings. The lowest BCUT2D eigenvalue weighted by Gasteiger charge is -2.09. The van der Waals surface area contributed by atoms with Gasteiger partial charge in [-0.05, 0) is 6.04 Å². The molecule has 2 nitrogen and oxygen atoms in total. The molecule has 0 aliphatic rings. The molecule has 100 valence electrons. The first kappa shape index (κ1) is 18.4. The zero-order valence-corrected chi connectivity index (χ0v) is 12.3. The minimum absolute atomic E-state index is 0. The molecule has 0 atom stereocenters. The van der Waals surface area contributed by atoms with Gasteiger partial charge in [0.05, 0.1) is 0 Å². The van der Waals surface area contributed by atoms with E-state index in [4.69, 9.17) is 8.85 Å². The molecule has 4 heteroatoms. The molecule has 0 radical (unpaired) electrons. The SMILES string of the molecule is CCCCCCCCCC[SiH](OC)OC.F. The Balaban J connectivity index is 0. The van der Waals surface area contributed by atoms with Crippen molar-refractivity contribution in [3.8, 4) is 0 Å². The van der Waals surface area contributed by atoms with Crippen LogP contribution in [0.4, 0.5) is 4.70 Å². The van der Waals surface area contributed by atoms with Gasteiger partial charge in [-0.25, -0.2) is 0 Å². The Bertz CT molecular complexity index is 122. The zero-order valence-electron chi connectivity index (χ0n) is 11.2. The predicted octanol–water partition coefficient (Wildman–Crippen LogP) is 3.79. The van der Waals surface area contributed by atoms with Gasteiger partial charge in [0, 0.05) is 14.2 Å². The minimum Gasteiger partial charge on any atom is -0.400 e. The molecule has 0 aliphatic carbocycles. The van der Waals surface area contributed by atoms with Crippen LogP contribution in [0.1, 0.15) is 58.3 Å². The van der Waals surface area contributed by atoms with Gasteiger partial charge in [0.15, 0.2) is 0 Å². The normalized spacial score (nSPS) is 10.5. The molecule has 0 saturated heterocycles. The Morgan fingerprint density at radius 1 is 0.750 bits per heavy atom. The van der Waals surface area contributed by atoms with Gasteiger partial charge in [-0.2, -0.15) is 0 Å². The lowest BCUT2D eigenvalue weighted by Crippen LogP contribution is -2.18. The van der Waals surface area contributed by atoms with Crippen LogP contribution in [0.2, 0.25) is 6.04 Å². The Morgan fingerprint density at radius 2 is 1.19 bits per heavy atom. The van der Waals surface area contributed by atoms with Crippen molar-refractivity contribution in [3.05, 3.63) is 0 Å². The predicted molar refractivity (Wildman–Crippen MR) is 71.1 cm³/mol. The molecule has 0 aromatic rings. The highest BCUT2D eigenvalue weighted by molar-refractivity contribution is 6.44. The molecule has 0 unspecified atom stereocenters. The quantitative estimate of drug-likeness (QED) is 0.411. The molecule has 0 heterocycles. The summed E-state index contributed by atoms with van der Waals surface area (Å²) in [5.74, 6) is 0. The molecule has 0 spiro atoms. The number of halogens is 1. The van der Waals surface area contributed by atoms with Crippen molar-refractivity contribution in [2.45, 2.75) is 64.3 Å². The van der Waals surface area contributed by atoms with E-state index in [1.54, 1.807) is 14.2 Å². The second-order valence-corrected chi connectivity index (χ2v) is 6.54. The van der Waals surface area contributed by atoms with Crippen LogP contribution in [0.25, 0.3) is 0 Å². The van der Waals surface area contributed by atoms with Crippen molar-refractivity contribution in [1.29, 1.82) is 0 Å². The lowest BCUT2D eigenvalue weighted by molar-refractivity contribution is 0.276. The van der Waals surface area contributed by atoms with Crippen LogP contribution in [0.5, 0.6) is 0 Å². The van der Waals surface area contributed by atoms with Gasteiger partial charge in [0.1, 0.15) is 0 Å². The van der Waals surface area contributed by atoms with Crippen molar-refractivity contribution in [3.63, 3.8) is 0 Å². The maximum Gasteiger partial charge on any atom is 0.320 e. The average Bonchev–Trinajstić information content (AvgIpc) is 2.27. The lowest BCUT2D eigenvalue weighted by atomic mass is 10.1. The summed E-state index contributed by atoms with van der Waals surface area (Å²) in [5.41, 5.74) is 0. The van der Waals surface area contributed by atoms with E-state index in [0.29, 0.717) is 0 Å². The molecule has 0 amide bonds. The highest BCUT2D eigenvalue weighted by Crippen LogP contribution is 2.11. The third-order valence-electron chi connectivity index (χ3n) is 2.82. The Labute approximate surface area is 102 Å². The van der Waals surface area contributed by atoms with Crippen molar-refractivity contribution < 1.29 is 13.6 Å². The van der Waals surface area contributed by atoms with Crippen molar-refractivity contribution in [1.82, 2.24) is 0 Å². The fraction of sp³-hybridized carbons (Fsp3) is 1.00. The Hall–Kier alpha value is 0.0669. The fourth-order valence-electron chi connectivity index (χ4n) is 1.78. The van der Waals surface area contributed by atoms with Gasteiger partial charge >= 0.3 is 9.28 Å². The zero-order chi connectivity index (χ0) is 11.4. The number of unbranched alkanes of at least 4 members (excludes halogenated alkanes) is 7. The first-order valence-corrected chi connectivity index (χ1v) is 8.16. The van der Waals surface area contributed by atoms with E-state index in [9.17, 15) is 0 Å². The molecule has 0 N–H and O–H groups in total. The summed E-state index contributed by atoms with van der Waals surface area (Å²) >= 11 is 0. The third kappa shape index (κ3) is 12.1. The summed E-state index contributed by atoms with van der Waals surface area (Å²) < 4.78 is 10.6. The van der Waals surface area contributed by atoms with Crippen LogP contribution in [0.3, 0.4) is 0 Å². The summed E-state index contributed by atoms with van der Waals surface area (Å²) in [6, 6.07) is 1.17. The summed E-state index contributed by atoms with van der Waals surface area (Å²) in [4.78, 5) is 0. The van der Waals surface area contributed by atoms with Crippen molar-refractivity contribution >= 4 is 9.28 Å². The summed E-state index contributed by atoms with van der Waals surface area (Å²) in [7, 11) is 2.28. The second kappa shape index (κ2) is 15.1. The minimum atomic E-state index is -1.26. The molecule has 0 aromatic heterocycles. The van der Waals surface area contributed by atoms with Crippen molar-refractivity contribution in [2.24, 2.45) is 0 Å². The van der Waals surface area contributed by atoms with E-state index < -0.39 is 9.28 Å². The van der Waals surface area contributed by atoms with Gasteiger partial charge in [0.2, 0.25) is 0 Å². The first-order valence-electron chi connectivity index (χ1n) is 6.40. The molecule has 16 heavy (non-hydrogen) atoms. The van der Waals surface area contributed by atoms with Gasteiger partial charge in [-0.15, -0.1) is 0 Å². The maximum atomic E-state index is 5.28. The smallest absolute Gasteiger partial charge is 0.320 e. The summed E-state index contributed by atoms with van der Waals surface area (Å²) in [6.07, 6.45) is 11.0. The molecule has 0 bridgehead atoms. The first-order chi connectivity index (χ1) is 7.35. The molecule has 0 rings (SSSR count). The number of hydrogen-bond acceptors (Lipinski definition) is 2. The summed E-state index contributed by atoms with van der Waals surface area (Å²) in [6.45, 7) is 2.26. The Kier molecular flexibility index (Phi) is 17.4. The van der Waals surface area contributed by atoms with Crippen LogP contribution in [-0.4, -0.2) is 23.5 Å². The monoisotopic (exact) mass is 252 g/mol. The van der Waals surface area contributed by atoms with E-state index in [1.807, 2.05) is 0 Å². The van der Waals surface area contributed by atoms with Gasteiger partial charge in [-0.1, -0.05) is 58.3 Å². The Morgan fingerprint density at radius 3 is 1.62 bits per heavy atom. The highest BCUT2D eigenvalue weighted by Gasteiger charge is 2.07. The van der Waals surface area contributed by atoms with Gasteiger partial charge < -0.3 is 8.85 Å². The van der Waals surface area contributed by atoms with E-state index >= 15 is 0 Å². The molecular weight excluding hydrogens is 223 g/mol. The van der Waals surface area contributed by atoms with E-state index in [-0.39, 0.29) is 4.70 Å². The van der Waals surface area contributed by atoms with Gasteiger partial charge in [-0.3, -0.25) is 4.70 Å². The topological polar surface area (TPSA) is 18.5 Å². The largest absolute Gasteiger partial charge is 0.400 e. The number of hydrogen-bond donors (Lipinski definition) is 0. The van der Waals surface area contributed by atoms with Crippen LogP contribution < -0.4 is 0 Å². The molecule has 0 aliphatic heterocycles. The van der Waals surface area contributed by atoms with E-state index in [1.165, 1.54) is 57.4 Å². The maximum absolute atomic E-state index is 5.28. The number of rotatable bonds is 11. The molecular formula is C12H29FO2Si. The van der Waals surface area contributed by atoms with Crippen LogP contribution in [-0.2, 0) is 8.85 Å². The van der Waals surface area contributed by atoms with Crippen LogP contribution in [0.15, 0.2) is 0 Å². The molecule has 0 aromatic carbocycles. The standard InChI is InChI=1S/C12H28O2Si.FH/c1-4-5-6-7-8-9-10-11-12-15(13-2)14-3;/h15H,4-12H2,1-3H3;1H. The van der Waals surface area contributed by atoms with Crippen LogP contribution in [0, 0.1) is 0 Å². The average molecular weight is 252 g/mol. The fourth-order valence-corrected chi connectivity index (χ4v) is 3.06. The van der Waals surface area contributed by atoms with E-state index in [0.717, 1.165) is 0 Å². The highest BCUT2D eigenvalue weighted by atomic mass is 28.3. The second-order valence-electron chi connectivity index (χ2n) is 4.16. The van der Waals surface area contributed by atoms with Crippen molar-refractivity contribution in [2.75, 3.05) is 14.2 Å². The molecule has 0 saturated carbocycles. The van der Waals surface area contributed by atoms with E-state index in [2.05, 4.69) is 6.92 Å². The van der Waals surface area contributed by atoms with Crippen LogP contribution >= 0.6 is 0 Å². The summed E-state index contributed by atoms with van der Waals surface area (Å²) in [5, 5.41) is 0.